The van der Waals surface area contributed by atoms with Gasteiger partial charge in [0.05, 0.1) is 0 Å². The quantitative estimate of drug-likeness (QED) is 0.619. The van der Waals surface area contributed by atoms with Crippen molar-refractivity contribution in [3.05, 3.63) is 47.5 Å². The Morgan fingerprint density at radius 2 is 2.00 bits per heavy atom. The third-order valence-corrected chi connectivity index (χ3v) is 2.44. The summed E-state index contributed by atoms with van der Waals surface area (Å²) < 4.78 is 0. The van der Waals surface area contributed by atoms with Crippen LogP contribution in [0.2, 0.25) is 0 Å². The molecular formula is C13H16ClNO. The molecule has 0 aliphatic heterocycles. The Kier molecular flexibility index (Phi) is 5.65. The van der Waals surface area contributed by atoms with Gasteiger partial charge in [-0.3, -0.25) is 4.79 Å². The third kappa shape index (κ3) is 4.07. The lowest BCUT2D eigenvalue weighted by Crippen LogP contribution is -2.23. The second kappa shape index (κ2) is 7.07. The molecule has 1 amide bonds. The highest BCUT2D eigenvalue weighted by atomic mass is 35.5. The van der Waals surface area contributed by atoms with Crippen LogP contribution in [0.5, 0.6) is 0 Å². The summed E-state index contributed by atoms with van der Waals surface area (Å²) >= 11 is 5.47. The van der Waals surface area contributed by atoms with E-state index < -0.39 is 0 Å². The molecule has 0 heterocycles. The molecular weight excluding hydrogens is 222 g/mol. The second-order valence-corrected chi connectivity index (χ2v) is 3.69. The van der Waals surface area contributed by atoms with Crippen molar-refractivity contribution in [3.8, 4) is 0 Å². The molecule has 0 spiro atoms. The Balaban J connectivity index is 2.49. The first kappa shape index (κ1) is 12.8. The number of rotatable bonds is 5. The smallest absolute Gasteiger partial charge is 0.251 e. The number of benzene rings is 1. The van der Waals surface area contributed by atoms with Crippen molar-refractivity contribution in [1.29, 1.82) is 0 Å². The molecule has 1 rings (SSSR count). The highest BCUT2D eigenvalue weighted by Gasteiger charge is 2.02. The van der Waals surface area contributed by atoms with Gasteiger partial charge in [0.1, 0.15) is 0 Å². The molecule has 2 nitrogen and oxygen atoms in total. The Morgan fingerprint density at radius 3 is 2.56 bits per heavy atom. The predicted octanol–water partition coefficient (Wildman–Crippen LogP) is 2.77. The van der Waals surface area contributed by atoms with Crippen molar-refractivity contribution in [2.45, 2.75) is 13.3 Å². The van der Waals surface area contributed by atoms with E-state index in [4.69, 9.17) is 11.6 Å². The van der Waals surface area contributed by atoms with Crippen LogP contribution in [0.4, 0.5) is 0 Å². The molecule has 0 saturated heterocycles. The van der Waals surface area contributed by atoms with Crippen LogP contribution in [0.15, 0.2) is 36.4 Å². The molecule has 16 heavy (non-hydrogen) atoms. The summed E-state index contributed by atoms with van der Waals surface area (Å²) in [6, 6.07) is 7.64. The van der Waals surface area contributed by atoms with Crippen LogP contribution < -0.4 is 5.32 Å². The minimum Gasteiger partial charge on any atom is -0.349 e. The molecule has 0 aliphatic carbocycles. The highest BCUT2D eigenvalue weighted by molar-refractivity contribution is 6.18. The maximum absolute atomic E-state index is 11.6. The maximum atomic E-state index is 11.6. The van der Waals surface area contributed by atoms with Crippen molar-refractivity contribution in [3.63, 3.8) is 0 Å². The first-order valence-electron chi connectivity index (χ1n) is 5.36. The first-order valence-corrected chi connectivity index (χ1v) is 5.89. The molecule has 1 N–H and O–H groups in total. The summed E-state index contributed by atoms with van der Waals surface area (Å²) in [5, 5.41) is 2.79. The highest BCUT2D eigenvalue weighted by Crippen LogP contribution is 2.04. The van der Waals surface area contributed by atoms with Crippen LogP contribution >= 0.6 is 11.6 Å². The van der Waals surface area contributed by atoms with Crippen molar-refractivity contribution in [2.24, 2.45) is 0 Å². The van der Waals surface area contributed by atoms with E-state index in [0.717, 1.165) is 6.42 Å². The zero-order valence-electron chi connectivity index (χ0n) is 9.37. The molecule has 1 aromatic rings. The molecule has 86 valence electrons. The van der Waals surface area contributed by atoms with Crippen molar-refractivity contribution in [2.75, 3.05) is 12.4 Å². The van der Waals surface area contributed by atoms with Gasteiger partial charge in [0.2, 0.25) is 0 Å². The Morgan fingerprint density at radius 1 is 1.31 bits per heavy atom. The van der Waals surface area contributed by atoms with E-state index in [0.29, 0.717) is 18.0 Å². The number of allylic oxidation sites excluding steroid dienone is 1. The van der Waals surface area contributed by atoms with Gasteiger partial charge < -0.3 is 5.32 Å². The lowest BCUT2D eigenvalue weighted by atomic mass is 10.1. The van der Waals surface area contributed by atoms with Crippen molar-refractivity contribution >= 4 is 17.5 Å². The molecule has 3 heteroatoms. The number of hydrogen-bond acceptors (Lipinski definition) is 1. The number of hydrogen-bond donors (Lipinski definition) is 1. The van der Waals surface area contributed by atoms with E-state index >= 15 is 0 Å². The lowest BCUT2D eigenvalue weighted by Gasteiger charge is -2.03. The summed E-state index contributed by atoms with van der Waals surface area (Å²) in [7, 11) is 0. The molecule has 0 atom stereocenters. The Labute approximate surface area is 101 Å². The van der Waals surface area contributed by atoms with Gasteiger partial charge in [0.15, 0.2) is 0 Å². The van der Waals surface area contributed by atoms with E-state index in [1.54, 1.807) is 0 Å². The molecule has 0 fully saturated rings. The summed E-state index contributed by atoms with van der Waals surface area (Å²) in [6.45, 7) is 2.60. The van der Waals surface area contributed by atoms with E-state index in [-0.39, 0.29) is 5.91 Å². The van der Waals surface area contributed by atoms with Gasteiger partial charge >= 0.3 is 0 Å². The van der Waals surface area contributed by atoms with Crippen LogP contribution in [-0.2, 0) is 6.42 Å². The zero-order chi connectivity index (χ0) is 11.8. The van der Waals surface area contributed by atoms with Gasteiger partial charge in [-0.05, 0) is 24.1 Å². The number of alkyl halides is 1. The molecule has 0 aromatic heterocycles. The van der Waals surface area contributed by atoms with Crippen LogP contribution in [0.25, 0.3) is 0 Å². The summed E-state index contributed by atoms with van der Waals surface area (Å²) in [5.74, 6) is 0.419. The maximum Gasteiger partial charge on any atom is 0.251 e. The van der Waals surface area contributed by atoms with Crippen molar-refractivity contribution < 1.29 is 4.79 Å². The van der Waals surface area contributed by atoms with Gasteiger partial charge in [-0.2, -0.15) is 0 Å². The average molecular weight is 238 g/mol. The van der Waals surface area contributed by atoms with Crippen LogP contribution in [0.1, 0.15) is 22.8 Å². The fourth-order valence-corrected chi connectivity index (χ4v) is 1.42. The van der Waals surface area contributed by atoms with Gasteiger partial charge in [-0.25, -0.2) is 0 Å². The molecule has 1 aromatic carbocycles. The van der Waals surface area contributed by atoms with Crippen LogP contribution in [-0.4, -0.2) is 18.3 Å². The van der Waals surface area contributed by atoms with E-state index in [9.17, 15) is 4.79 Å². The third-order valence-electron chi connectivity index (χ3n) is 2.26. The standard InChI is InChI=1S/C13H16ClNO/c1-2-11-5-7-12(8-6-11)13(16)15-10-4-3-9-14/h3-8H,2,9-10H2,1H3,(H,15,16)/b4-3+. The van der Waals surface area contributed by atoms with Crippen molar-refractivity contribution in [1.82, 2.24) is 5.32 Å². The summed E-state index contributed by atoms with van der Waals surface area (Å²) in [5.41, 5.74) is 1.93. The topological polar surface area (TPSA) is 29.1 Å². The van der Waals surface area contributed by atoms with Gasteiger partial charge in [0, 0.05) is 18.0 Å². The predicted molar refractivity (Wildman–Crippen MR) is 68.0 cm³/mol. The monoisotopic (exact) mass is 237 g/mol. The first-order chi connectivity index (χ1) is 7.77. The molecule has 0 radical (unpaired) electrons. The minimum absolute atomic E-state index is 0.0538. The van der Waals surface area contributed by atoms with Crippen LogP contribution in [0, 0.1) is 0 Å². The van der Waals surface area contributed by atoms with Gasteiger partial charge in [0.25, 0.3) is 5.91 Å². The molecule has 0 bridgehead atoms. The number of nitrogens with one attached hydrogen (secondary N) is 1. The minimum atomic E-state index is -0.0538. The van der Waals surface area contributed by atoms with Crippen LogP contribution in [0.3, 0.4) is 0 Å². The number of carbonyl (C=O) groups excluding carboxylic acids is 1. The average Bonchev–Trinajstić information content (AvgIpc) is 2.34. The SMILES string of the molecule is CCc1ccc(C(=O)NC/C=C/CCl)cc1. The number of amides is 1. The fraction of sp³-hybridized carbons (Fsp3) is 0.308. The number of halogens is 1. The summed E-state index contributed by atoms with van der Waals surface area (Å²) in [4.78, 5) is 11.6. The van der Waals surface area contributed by atoms with Gasteiger partial charge in [-0.15, -0.1) is 11.6 Å². The lowest BCUT2D eigenvalue weighted by molar-refractivity contribution is 0.0958. The fourth-order valence-electron chi connectivity index (χ4n) is 1.29. The normalized spacial score (nSPS) is 10.6. The molecule has 0 aliphatic rings. The second-order valence-electron chi connectivity index (χ2n) is 3.39. The number of aryl methyl sites for hydroxylation is 1. The molecule has 0 saturated carbocycles. The Bertz CT molecular complexity index is 357. The zero-order valence-corrected chi connectivity index (χ0v) is 10.1. The summed E-state index contributed by atoms with van der Waals surface area (Å²) in [6.07, 6.45) is 4.63. The largest absolute Gasteiger partial charge is 0.349 e. The van der Waals surface area contributed by atoms with E-state index in [1.165, 1.54) is 5.56 Å². The van der Waals surface area contributed by atoms with E-state index in [1.807, 2.05) is 36.4 Å². The van der Waals surface area contributed by atoms with E-state index in [2.05, 4.69) is 12.2 Å². The molecule has 0 unspecified atom stereocenters. The van der Waals surface area contributed by atoms with Gasteiger partial charge in [-0.1, -0.05) is 31.2 Å². The Hall–Kier alpha value is -1.28. The number of carbonyl (C=O) groups is 1.